The maximum Gasteiger partial charge on any atom is 0.254 e. The zero-order chi connectivity index (χ0) is 18.6. The number of hydrogen-bond donors (Lipinski definition) is 0. The Morgan fingerprint density at radius 1 is 1.12 bits per heavy atom. The van der Waals surface area contributed by atoms with Crippen molar-refractivity contribution >= 4 is 15.7 Å². The Morgan fingerprint density at radius 2 is 1.81 bits per heavy atom. The molecule has 1 amide bonds. The molecular weight excluding hydrogens is 350 g/mol. The van der Waals surface area contributed by atoms with Gasteiger partial charge in [0.1, 0.15) is 5.75 Å². The molecule has 2 aromatic rings. The van der Waals surface area contributed by atoms with Gasteiger partial charge in [-0.15, -0.1) is 0 Å². The second kappa shape index (κ2) is 7.91. The molecule has 0 saturated carbocycles. The Balaban J connectivity index is 1.85. The first-order chi connectivity index (χ1) is 12.5. The fourth-order valence-electron chi connectivity index (χ4n) is 3.19. The highest BCUT2D eigenvalue weighted by atomic mass is 32.2. The predicted octanol–water partition coefficient (Wildman–Crippen LogP) is 2.91. The van der Waals surface area contributed by atoms with Gasteiger partial charge in [0, 0.05) is 18.2 Å². The first kappa shape index (κ1) is 18.5. The summed E-state index contributed by atoms with van der Waals surface area (Å²) in [5.74, 6) is 0.725. The van der Waals surface area contributed by atoms with E-state index in [1.54, 1.807) is 29.2 Å². The van der Waals surface area contributed by atoms with E-state index in [9.17, 15) is 13.2 Å². The summed E-state index contributed by atoms with van der Waals surface area (Å²) in [4.78, 5) is 14.8. The summed E-state index contributed by atoms with van der Waals surface area (Å²) in [6.45, 7) is 2.86. The first-order valence-electron chi connectivity index (χ1n) is 8.76. The number of carbonyl (C=O) groups is 1. The molecule has 0 spiro atoms. The normalized spacial score (nSPS) is 18.4. The van der Waals surface area contributed by atoms with Gasteiger partial charge in [-0.3, -0.25) is 4.79 Å². The molecule has 1 fully saturated rings. The SMILES string of the molecule is CCOc1ccc(C(=O)N(Cc2ccccc2)[C@H]2CCS(=O)(=O)C2)cc1. The number of hydrogen-bond acceptors (Lipinski definition) is 4. The van der Waals surface area contributed by atoms with Crippen LogP contribution < -0.4 is 4.74 Å². The van der Waals surface area contributed by atoms with Crippen LogP contribution in [0.25, 0.3) is 0 Å². The van der Waals surface area contributed by atoms with Crippen LogP contribution in [-0.2, 0) is 16.4 Å². The van der Waals surface area contributed by atoms with E-state index in [-0.39, 0.29) is 23.5 Å². The van der Waals surface area contributed by atoms with Crippen LogP contribution in [0, 0.1) is 0 Å². The molecule has 1 saturated heterocycles. The molecule has 0 radical (unpaired) electrons. The minimum atomic E-state index is -3.08. The average Bonchev–Trinajstić information content (AvgIpc) is 3.00. The molecule has 1 atom stereocenters. The molecule has 26 heavy (non-hydrogen) atoms. The maximum absolute atomic E-state index is 13.1. The second-order valence-corrected chi connectivity index (χ2v) is 8.66. The van der Waals surface area contributed by atoms with E-state index < -0.39 is 9.84 Å². The van der Waals surface area contributed by atoms with Crippen molar-refractivity contribution in [3.63, 3.8) is 0 Å². The Labute approximate surface area is 154 Å². The van der Waals surface area contributed by atoms with Crippen molar-refractivity contribution in [3.05, 3.63) is 65.7 Å². The van der Waals surface area contributed by atoms with Gasteiger partial charge < -0.3 is 9.64 Å². The monoisotopic (exact) mass is 373 g/mol. The van der Waals surface area contributed by atoms with Gasteiger partial charge in [0.05, 0.1) is 18.1 Å². The Hall–Kier alpha value is -2.34. The van der Waals surface area contributed by atoms with Gasteiger partial charge in [0.2, 0.25) is 0 Å². The standard InChI is InChI=1S/C20H23NO4S/c1-2-25-19-10-8-17(9-11-19)20(22)21(14-16-6-4-3-5-7-16)18-12-13-26(23,24)15-18/h3-11,18H,2,12-15H2,1H3/t18-/m0/s1. The van der Waals surface area contributed by atoms with Gasteiger partial charge in [-0.2, -0.15) is 0 Å². The third-order valence-electron chi connectivity index (χ3n) is 4.52. The number of nitrogens with zero attached hydrogens (tertiary/aromatic N) is 1. The van der Waals surface area contributed by atoms with Crippen LogP contribution in [0.1, 0.15) is 29.3 Å². The minimum absolute atomic E-state index is 0.0304. The van der Waals surface area contributed by atoms with Gasteiger partial charge in [0.15, 0.2) is 9.84 Å². The summed E-state index contributed by atoms with van der Waals surface area (Å²) in [7, 11) is -3.08. The molecule has 0 unspecified atom stereocenters. The Morgan fingerprint density at radius 3 is 2.38 bits per heavy atom. The summed E-state index contributed by atoms with van der Waals surface area (Å²) in [6.07, 6.45) is 0.484. The predicted molar refractivity (Wildman–Crippen MR) is 101 cm³/mol. The van der Waals surface area contributed by atoms with Crippen molar-refractivity contribution in [2.24, 2.45) is 0 Å². The number of rotatable bonds is 6. The van der Waals surface area contributed by atoms with Crippen LogP contribution in [0.3, 0.4) is 0 Å². The molecule has 0 N–H and O–H groups in total. The lowest BCUT2D eigenvalue weighted by Crippen LogP contribution is -2.40. The third kappa shape index (κ3) is 4.43. The van der Waals surface area contributed by atoms with Crippen molar-refractivity contribution in [2.75, 3.05) is 18.1 Å². The van der Waals surface area contributed by atoms with Gasteiger partial charge in [0.25, 0.3) is 5.91 Å². The van der Waals surface area contributed by atoms with Crippen LogP contribution >= 0.6 is 0 Å². The fourth-order valence-corrected chi connectivity index (χ4v) is 4.92. The molecule has 0 aromatic heterocycles. The van der Waals surface area contributed by atoms with Crippen molar-refractivity contribution in [3.8, 4) is 5.75 Å². The van der Waals surface area contributed by atoms with E-state index in [1.165, 1.54) is 0 Å². The van der Waals surface area contributed by atoms with E-state index in [0.717, 1.165) is 5.56 Å². The van der Waals surface area contributed by atoms with Crippen molar-refractivity contribution in [1.82, 2.24) is 4.90 Å². The topological polar surface area (TPSA) is 63.7 Å². The molecule has 138 valence electrons. The highest BCUT2D eigenvalue weighted by molar-refractivity contribution is 7.91. The largest absolute Gasteiger partial charge is 0.494 e. The lowest BCUT2D eigenvalue weighted by Gasteiger charge is -2.28. The number of ether oxygens (including phenoxy) is 1. The summed E-state index contributed by atoms with van der Waals surface area (Å²) in [5, 5.41) is 0. The first-order valence-corrected chi connectivity index (χ1v) is 10.6. The molecule has 6 heteroatoms. The summed E-state index contributed by atoms with van der Waals surface area (Å²) >= 11 is 0. The van der Waals surface area contributed by atoms with Gasteiger partial charge >= 0.3 is 0 Å². The number of carbonyl (C=O) groups excluding carboxylic acids is 1. The van der Waals surface area contributed by atoms with E-state index in [4.69, 9.17) is 4.74 Å². The Kier molecular flexibility index (Phi) is 5.61. The number of benzene rings is 2. The van der Waals surface area contributed by atoms with Crippen molar-refractivity contribution in [1.29, 1.82) is 0 Å². The Bertz CT molecular complexity index is 847. The summed E-state index contributed by atoms with van der Waals surface area (Å²) in [5.41, 5.74) is 1.52. The highest BCUT2D eigenvalue weighted by Crippen LogP contribution is 2.23. The average molecular weight is 373 g/mol. The van der Waals surface area contributed by atoms with Crippen molar-refractivity contribution in [2.45, 2.75) is 25.9 Å². The highest BCUT2D eigenvalue weighted by Gasteiger charge is 2.35. The molecule has 2 aromatic carbocycles. The van der Waals surface area contributed by atoms with Gasteiger partial charge in [-0.1, -0.05) is 30.3 Å². The van der Waals surface area contributed by atoms with Gasteiger partial charge in [-0.05, 0) is 43.2 Å². The number of amides is 1. The zero-order valence-electron chi connectivity index (χ0n) is 14.8. The smallest absolute Gasteiger partial charge is 0.254 e. The van der Waals surface area contributed by atoms with Crippen molar-refractivity contribution < 1.29 is 17.9 Å². The molecular formula is C20H23NO4S. The third-order valence-corrected chi connectivity index (χ3v) is 6.27. The van der Waals surface area contributed by atoms with Gasteiger partial charge in [-0.25, -0.2) is 8.42 Å². The lowest BCUT2D eigenvalue weighted by atomic mass is 10.1. The zero-order valence-corrected chi connectivity index (χ0v) is 15.6. The fraction of sp³-hybridized carbons (Fsp3) is 0.350. The quantitative estimate of drug-likeness (QED) is 0.781. The molecule has 3 rings (SSSR count). The van der Waals surface area contributed by atoms with E-state index in [2.05, 4.69) is 0 Å². The van der Waals surface area contributed by atoms with Crippen LogP contribution in [0.4, 0.5) is 0 Å². The molecule has 1 aliphatic heterocycles. The number of sulfone groups is 1. The van der Waals surface area contributed by atoms with E-state index in [1.807, 2.05) is 37.3 Å². The van der Waals surface area contributed by atoms with Crippen LogP contribution in [0.15, 0.2) is 54.6 Å². The maximum atomic E-state index is 13.1. The van der Waals surface area contributed by atoms with Crippen LogP contribution in [0.5, 0.6) is 5.75 Å². The molecule has 0 aliphatic carbocycles. The van der Waals surface area contributed by atoms with E-state index in [0.29, 0.717) is 30.9 Å². The van der Waals surface area contributed by atoms with E-state index >= 15 is 0 Å². The molecule has 1 aliphatic rings. The summed E-state index contributed by atoms with van der Waals surface area (Å²) in [6, 6.07) is 16.3. The lowest BCUT2D eigenvalue weighted by molar-refractivity contribution is 0.0681. The minimum Gasteiger partial charge on any atom is -0.494 e. The molecule has 1 heterocycles. The second-order valence-electron chi connectivity index (χ2n) is 6.43. The molecule has 0 bridgehead atoms. The van der Waals surface area contributed by atoms with Crippen LogP contribution in [0.2, 0.25) is 0 Å². The molecule has 5 nitrogen and oxygen atoms in total. The summed E-state index contributed by atoms with van der Waals surface area (Å²) < 4.78 is 29.3. The van der Waals surface area contributed by atoms with Crippen LogP contribution in [-0.4, -0.2) is 43.4 Å².